The predicted octanol–water partition coefficient (Wildman–Crippen LogP) is 1.99. The number of rotatable bonds is 3. The summed E-state index contributed by atoms with van der Waals surface area (Å²) in [4.78, 5) is 24.7. The molecular formula is C15H23NO3. The van der Waals surface area contributed by atoms with Gasteiger partial charge in [0.2, 0.25) is 5.91 Å². The van der Waals surface area contributed by atoms with E-state index in [1.54, 1.807) is 7.05 Å². The first-order chi connectivity index (χ1) is 8.97. The molecule has 0 heterocycles. The lowest BCUT2D eigenvalue weighted by atomic mass is 9.50. The van der Waals surface area contributed by atoms with Crippen LogP contribution in [0.3, 0.4) is 0 Å². The van der Waals surface area contributed by atoms with Gasteiger partial charge < -0.3 is 10.0 Å². The van der Waals surface area contributed by atoms with Gasteiger partial charge in [-0.3, -0.25) is 4.79 Å². The van der Waals surface area contributed by atoms with E-state index < -0.39 is 12.0 Å². The third-order valence-corrected chi connectivity index (χ3v) is 5.83. The Kier molecular flexibility index (Phi) is 3.06. The number of aliphatic carboxylic acids is 1. The van der Waals surface area contributed by atoms with Crippen LogP contribution in [0.2, 0.25) is 0 Å². The maximum Gasteiger partial charge on any atom is 0.326 e. The lowest BCUT2D eigenvalue weighted by Gasteiger charge is -2.56. The van der Waals surface area contributed by atoms with E-state index in [1.165, 1.54) is 43.9 Å². The van der Waals surface area contributed by atoms with Gasteiger partial charge in [-0.1, -0.05) is 0 Å². The Morgan fingerprint density at radius 3 is 1.89 bits per heavy atom. The first-order valence-electron chi connectivity index (χ1n) is 7.43. The van der Waals surface area contributed by atoms with Crippen LogP contribution in [0.1, 0.15) is 39.0 Å². The second kappa shape index (κ2) is 4.50. The van der Waals surface area contributed by atoms with E-state index >= 15 is 0 Å². The molecule has 0 aliphatic heterocycles. The van der Waals surface area contributed by atoms with Crippen LogP contribution in [0.25, 0.3) is 0 Å². The molecule has 0 spiro atoms. The van der Waals surface area contributed by atoms with Crippen LogP contribution < -0.4 is 0 Å². The number of carbonyl (C=O) groups excluding carboxylic acids is 1. The average molecular weight is 265 g/mol. The molecule has 0 aromatic heterocycles. The minimum Gasteiger partial charge on any atom is -0.480 e. The topological polar surface area (TPSA) is 57.6 Å². The molecule has 4 heteroatoms. The zero-order valence-corrected chi connectivity index (χ0v) is 11.7. The molecule has 4 rings (SSSR count). The van der Waals surface area contributed by atoms with E-state index in [4.69, 9.17) is 0 Å². The molecule has 1 atom stereocenters. The molecule has 106 valence electrons. The number of amides is 1. The minimum atomic E-state index is -0.824. The highest BCUT2D eigenvalue weighted by atomic mass is 16.4. The van der Waals surface area contributed by atoms with Gasteiger partial charge in [-0.2, -0.15) is 0 Å². The van der Waals surface area contributed by atoms with Crippen molar-refractivity contribution in [1.82, 2.24) is 4.90 Å². The smallest absolute Gasteiger partial charge is 0.326 e. The maximum atomic E-state index is 11.7. The second-order valence-electron chi connectivity index (χ2n) is 6.92. The number of hydrogen-bond acceptors (Lipinski definition) is 2. The Balaban J connectivity index is 1.86. The highest BCUT2D eigenvalue weighted by Crippen LogP contribution is 2.57. The van der Waals surface area contributed by atoms with E-state index in [1.807, 2.05) is 0 Å². The van der Waals surface area contributed by atoms with Gasteiger partial charge in [-0.15, -0.1) is 0 Å². The van der Waals surface area contributed by atoms with E-state index in [9.17, 15) is 14.7 Å². The SMILES string of the molecule is CC(=O)N(C)C(C(=O)O)C1C2CC3CC(C2)CC1C3. The zero-order chi connectivity index (χ0) is 13.7. The van der Waals surface area contributed by atoms with Crippen LogP contribution in [0.5, 0.6) is 0 Å². The fourth-order valence-corrected chi connectivity index (χ4v) is 5.27. The lowest BCUT2D eigenvalue weighted by molar-refractivity contribution is -0.159. The summed E-state index contributed by atoms with van der Waals surface area (Å²) in [6.07, 6.45) is 6.11. The highest BCUT2D eigenvalue weighted by molar-refractivity contribution is 5.82. The van der Waals surface area contributed by atoms with Crippen molar-refractivity contribution >= 4 is 11.9 Å². The first kappa shape index (κ1) is 12.9. The van der Waals surface area contributed by atoms with Crippen molar-refractivity contribution in [2.24, 2.45) is 29.6 Å². The molecule has 19 heavy (non-hydrogen) atoms. The summed E-state index contributed by atoms with van der Waals surface area (Å²) >= 11 is 0. The molecule has 4 bridgehead atoms. The van der Waals surface area contributed by atoms with Crippen molar-refractivity contribution in [3.63, 3.8) is 0 Å². The molecule has 4 nitrogen and oxygen atoms in total. The number of likely N-dealkylation sites (N-methyl/N-ethyl adjacent to an activating group) is 1. The summed E-state index contributed by atoms with van der Waals surface area (Å²) in [6, 6.07) is -0.618. The van der Waals surface area contributed by atoms with Crippen LogP contribution in [-0.2, 0) is 9.59 Å². The number of carbonyl (C=O) groups is 2. The number of carboxylic acid groups (broad SMARTS) is 1. The van der Waals surface area contributed by atoms with Gasteiger partial charge in [0.15, 0.2) is 0 Å². The quantitative estimate of drug-likeness (QED) is 0.849. The van der Waals surface area contributed by atoms with Crippen molar-refractivity contribution < 1.29 is 14.7 Å². The zero-order valence-electron chi connectivity index (χ0n) is 11.7. The van der Waals surface area contributed by atoms with Gasteiger partial charge in [-0.25, -0.2) is 4.79 Å². The van der Waals surface area contributed by atoms with Crippen molar-refractivity contribution in [3.05, 3.63) is 0 Å². The van der Waals surface area contributed by atoms with Crippen LogP contribution >= 0.6 is 0 Å². The molecule has 1 N–H and O–H groups in total. The highest BCUT2D eigenvalue weighted by Gasteiger charge is 2.53. The molecule has 4 aliphatic rings. The van der Waals surface area contributed by atoms with E-state index in [-0.39, 0.29) is 11.8 Å². The van der Waals surface area contributed by atoms with Crippen LogP contribution in [0, 0.1) is 29.6 Å². The summed E-state index contributed by atoms with van der Waals surface area (Å²) in [6.45, 7) is 1.46. The van der Waals surface area contributed by atoms with Gasteiger partial charge in [0.1, 0.15) is 6.04 Å². The second-order valence-corrected chi connectivity index (χ2v) is 6.92. The summed E-state index contributed by atoms with van der Waals surface area (Å²) in [5, 5.41) is 9.58. The van der Waals surface area contributed by atoms with Crippen molar-refractivity contribution in [2.75, 3.05) is 7.05 Å². The predicted molar refractivity (Wildman–Crippen MR) is 70.4 cm³/mol. The summed E-state index contributed by atoms with van der Waals surface area (Å²) in [5.74, 6) is 1.93. The molecular weight excluding hydrogens is 242 g/mol. The van der Waals surface area contributed by atoms with Crippen molar-refractivity contribution in [3.8, 4) is 0 Å². The monoisotopic (exact) mass is 265 g/mol. The summed E-state index contributed by atoms with van der Waals surface area (Å²) < 4.78 is 0. The van der Waals surface area contributed by atoms with Crippen LogP contribution in [0.4, 0.5) is 0 Å². The van der Waals surface area contributed by atoms with Gasteiger partial charge in [0, 0.05) is 14.0 Å². The van der Waals surface area contributed by atoms with E-state index in [0.29, 0.717) is 11.8 Å². The number of hydrogen-bond donors (Lipinski definition) is 1. The Hall–Kier alpha value is -1.06. The Morgan fingerprint density at radius 1 is 1.05 bits per heavy atom. The van der Waals surface area contributed by atoms with Gasteiger partial charge in [-0.05, 0) is 61.7 Å². The molecule has 4 aliphatic carbocycles. The van der Waals surface area contributed by atoms with Gasteiger partial charge in [0.05, 0.1) is 0 Å². The Morgan fingerprint density at radius 2 is 1.53 bits per heavy atom. The van der Waals surface area contributed by atoms with Crippen molar-refractivity contribution in [2.45, 2.75) is 45.1 Å². The molecule has 0 radical (unpaired) electrons. The van der Waals surface area contributed by atoms with Crippen LogP contribution in [0.15, 0.2) is 0 Å². The van der Waals surface area contributed by atoms with E-state index in [0.717, 1.165) is 11.8 Å². The number of nitrogens with zero attached hydrogens (tertiary/aromatic N) is 1. The van der Waals surface area contributed by atoms with Crippen LogP contribution in [-0.4, -0.2) is 35.0 Å². The molecule has 4 saturated carbocycles. The molecule has 1 unspecified atom stereocenters. The summed E-state index contributed by atoms with van der Waals surface area (Å²) in [7, 11) is 1.65. The maximum absolute atomic E-state index is 11.7. The standard InChI is InChI=1S/C15H23NO3/c1-8(17)16(2)14(15(18)19)13-11-4-9-3-10(6-11)7-12(13)5-9/h9-14H,3-7H2,1-2H3,(H,18,19). The molecule has 0 saturated heterocycles. The van der Waals surface area contributed by atoms with E-state index in [2.05, 4.69) is 0 Å². The van der Waals surface area contributed by atoms with Gasteiger partial charge in [0.25, 0.3) is 0 Å². The normalized spacial score (nSPS) is 41.1. The molecule has 1 amide bonds. The fourth-order valence-electron chi connectivity index (χ4n) is 5.27. The average Bonchev–Trinajstić information content (AvgIpc) is 2.31. The summed E-state index contributed by atoms with van der Waals surface area (Å²) in [5.41, 5.74) is 0. The molecule has 0 aromatic carbocycles. The first-order valence-corrected chi connectivity index (χ1v) is 7.43. The lowest BCUT2D eigenvalue weighted by Crippen LogP contribution is -2.56. The third kappa shape index (κ3) is 2.05. The largest absolute Gasteiger partial charge is 0.480 e. The Labute approximate surface area is 114 Å². The Bertz CT molecular complexity index is 378. The minimum absolute atomic E-state index is 0.138. The molecule has 4 fully saturated rings. The molecule has 0 aromatic rings. The van der Waals surface area contributed by atoms with Crippen molar-refractivity contribution in [1.29, 1.82) is 0 Å². The third-order valence-electron chi connectivity index (χ3n) is 5.83. The number of carboxylic acids is 1. The van der Waals surface area contributed by atoms with Gasteiger partial charge >= 0.3 is 5.97 Å². The fraction of sp³-hybridized carbons (Fsp3) is 0.867.